The molecule has 1 aromatic rings. The first-order valence-electron chi connectivity index (χ1n) is 8.17. The maximum absolute atomic E-state index is 5.50. The van der Waals surface area contributed by atoms with E-state index in [4.69, 9.17) is 9.47 Å². The van der Waals surface area contributed by atoms with Crippen LogP contribution in [0.1, 0.15) is 56.2 Å². The monoisotopic (exact) mass is 291 g/mol. The van der Waals surface area contributed by atoms with Crippen LogP contribution in [-0.2, 0) is 0 Å². The number of ether oxygens (including phenoxy) is 2. The van der Waals surface area contributed by atoms with Crippen LogP contribution in [0.15, 0.2) is 12.1 Å². The number of hydrogen-bond donors (Lipinski definition) is 1. The van der Waals surface area contributed by atoms with Crippen molar-refractivity contribution >= 4 is 0 Å². The second-order valence-electron chi connectivity index (χ2n) is 6.04. The van der Waals surface area contributed by atoms with Gasteiger partial charge >= 0.3 is 0 Å². The van der Waals surface area contributed by atoms with Crippen LogP contribution in [0.2, 0.25) is 0 Å². The summed E-state index contributed by atoms with van der Waals surface area (Å²) in [6.07, 6.45) is 6.54. The van der Waals surface area contributed by atoms with Gasteiger partial charge < -0.3 is 14.8 Å². The lowest BCUT2D eigenvalue weighted by atomic mass is 9.88. The Labute approximate surface area is 129 Å². The molecule has 1 atom stereocenters. The second-order valence-corrected chi connectivity index (χ2v) is 6.04. The zero-order chi connectivity index (χ0) is 15.2. The number of hydrogen-bond acceptors (Lipinski definition) is 3. The minimum atomic E-state index is 0.437. The number of nitrogens with one attached hydrogen (secondary N) is 1. The van der Waals surface area contributed by atoms with E-state index in [1.165, 1.54) is 36.8 Å². The summed E-state index contributed by atoms with van der Waals surface area (Å²) < 4.78 is 10.9. The number of methoxy groups -OCH3 is 2. The van der Waals surface area contributed by atoms with Crippen LogP contribution in [0.3, 0.4) is 0 Å². The summed E-state index contributed by atoms with van der Waals surface area (Å²) in [7, 11) is 3.40. The quantitative estimate of drug-likeness (QED) is 0.815. The molecule has 1 unspecified atom stereocenters. The molecule has 1 N–H and O–H groups in total. The number of aryl methyl sites for hydroxylation is 1. The van der Waals surface area contributed by atoms with Gasteiger partial charge in [0.05, 0.1) is 14.2 Å². The lowest BCUT2D eigenvalue weighted by Gasteiger charge is -2.27. The zero-order valence-electron chi connectivity index (χ0n) is 13.9. The molecule has 2 rings (SSSR count). The van der Waals surface area contributed by atoms with Gasteiger partial charge in [-0.1, -0.05) is 19.8 Å². The third kappa shape index (κ3) is 3.70. The summed E-state index contributed by atoms with van der Waals surface area (Å²) in [6, 6.07) is 4.70. The van der Waals surface area contributed by atoms with Crippen LogP contribution in [0.25, 0.3) is 0 Å². The van der Waals surface area contributed by atoms with E-state index in [1.54, 1.807) is 14.2 Å². The highest BCUT2D eigenvalue weighted by Gasteiger charge is 2.27. The van der Waals surface area contributed by atoms with E-state index in [1.807, 2.05) is 0 Å². The van der Waals surface area contributed by atoms with Gasteiger partial charge in [0.25, 0.3) is 0 Å². The van der Waals surface area contributed by atoms with Crippen molar-refractivity contribution in [2.75, 3.05) is 20.8 Å². The van der Waals surface area contributed by atoms with Crippen LogP contribution >= 0.6 is 0 Å². The van der Waals surface area contributed by atoms with Crippen molar-refractivity contribution in [3.63, 3.8) is 0 Å². The molecule has 1 aliphatic carbocycles. The van der Waals surface area contributed by atoms with Gasteiger partial charge in [-0.25, -0.2) is 0 Å². The molecule has 3 nitrogen and oxygen atoms in total. The van der Waals surface area contributed by atoms with Crippen LogP contribution in [0.5, 0.6) is 11.5 Å². The molecule has 0 bridgehead atoms. The predicted octanol–water partition coefficient (Wildman–Crippen LogP) is 4.24. The van der Waals surface area contributed by atoms with Crippen molar-refractivity contribution in [1.29, 1.82) is 0 Å². The van der Waals surface area contributed by atoms with Crippen molar-refractivity contribution in [2.45, 2.75) is 52.0 Å². The maximum atomic E-state index is 5.50. The van der Waals surface area contributed by atoms with Gasteiger partial charge in [-0.2, -0.15) is 0 Å². The molecule has 0 aliphatic heterocycles. The van der Waals surface area contributed by atoms with Crippen LogP contribution in [0.4, 0.5) is 0 Å². The molecule has 1 aromatic carbocycles. The molecule has 0 saturated heterocycles. The van der Waals surface area contributed by atoms with Gasteiger partial charge in [-0.05, 0) is 61.9 Å². The Hall–Kier alpha value is -1.22. The Morgan fingerprint density at radius 2 is 1.76 bits per heavy atom. The first kappa shape index (κ1) is 16.2. The Morgan fingerprint density at radius 1 is 1.14 bits per heavy atom. The second kappa shape index (κ2) is 7.69. The topological polar surface area (TPSA) is 30.5 Å². The van der Waals surface area contributed by atoms with E-state index >= 15 is 0 Å². The van der Waals surface area contributed by atoms with Gasteiger partial charge in [0, 0.05) is 6.04 Å². The van der Waals surface area contributed by atoms with Crippen LogP contribution < -0.4 is 14.8 Å². The Balaban J connectivity index is 2.33. The fourth-order valence-corrected chi connectivity index (χ4v) is 3.45. The van der Waals surface area contributed by atoms with Crippen molar-refractivity contribution < 1.29 is 9.47 Å². The van der Waals surface area contributed by atoms with Crippen LogP contribution in [0, 0.1) is 12.8 Å². The fraction of sp³-hybridized carbons (Fsp3) is 0.667. The molecule has 1 fully saturated rings. The third-order valence-electron chi connectivity index (χ3n) is 4.59. The van der Waals surface area contributed by atoms with Gasteiger partial charge in [-0.15, -0.1) is 0 Å². The highest BCUT2D eigenvalue weighted by Crippen LogP contribution is 2.40. The summed E-state index contributed by atoms with van der Waals surface area (Å²) in [5.41, 5.74) is 2.65. The van der Waals surface area contributed by atoms with Crippen LogP contribution in [-0.4, -0.2) is 20.8 Å². The van der Waals surface area contributed by atoms with Gasteiger partial charge in [0.15, 0.2) is 11.5 Å². The predicted molar refractivity (Wildman–Crippen MR) is 87.3 cm³/mol. The molecule has 0 heterocycles. The molecular weight excluding hydrogens is 262 g/mol. The standard InChI is InChI=1S/C18H29NO2/c1-5-10-19-18(14-8-6-7-9-14)15-12-17(21-4)16(20-3)11-13(15)2/h11-12,14,18-19H,5-10H2,1-4H3. The summed E-state index contributed by atoms with van der Waals surface area (Å²) in [4.78, 5) is 0. The molecule has 118 valence electrons. The summed E-state index contributed by atoms with van der Waals surface area (Å²) in [6.45, 7) is 5.46. The normalized spacial score (nSPS) is 17.0. The highest BCUT2D eigenvalue weighted by atomic mass is 16.5. The molecule has 1 aliphatic rings. The van der Waals surface area contributed by atoms with E-state index in [2.05, 4.69) is 31.3 Å². The molecule has 21 heavy (non-hydrogen) atoms. The van der Waals surface area contributed by atoms with E-state index in [9.17, 15) is 0 Å². The smallest absolute Gasteiger partial charge is 0.161 e. The van der Waals surface area contributed by atoms with Crippen molar-refractivity contribution in [1.82, 2.24) is 5.32 Å². The summed E-state index contributed by atoms with van der Waals surface area (Å²) in [5.74, 6) is 2.40. The lowest BCUT2D eigenvalue weighted by Crippen LogP contribution is -2.28. The first-order chi connectivity index (χ1) is 10.2. The third-order valence-corrected chi connectivity index (χ3v) is 4.59. The first-order valence-corrected chi connectivity index (χ1v) is 8.17. The summed E-state index contributed by atoms with van der Waals surface area (Å²) in [5, 5.41) is 3.76. The minimum absolute atomic E-state index is 0.437. The minimum Gasteiger partial charge on any atom is -0.493 e. The van der Waals surface area contributed by atoms with E-state index in [-0.39, 0.29) is 0 Å². The van der Waals surface area contributed by atoms with Crippen molar-refractivity contribution in [3.05, 3.63) is 23.3 Å². The summed E-state index contributed by atoms with van der Waals surface area (Å²) >= 11 is 0. The molecule has 0 amide bonds. The molecular formula is C18H29NO2. The average Bonchev–Trinajstić information content (AvgIpc) is 3.02. The zero-order valence-corrected chi connectivity index (χ0v) is 13.9. The largest absolute Gasteiger partial charge is 0.493 e. The highest BCUT2D eigenvalue weighted by molar-refractivity contribution is 5.48. The average molecular weight is 291 g/mol. The Morgan fingerprint density at radius 3 is 2.33 bits per heavy atom. The van der Waals surface area contributed by atoms with Gasteiger partial charge in [-0.3, -0.25) is 0 Å². The number of benzene rings is 1. The van der Waals surface area contributed by atoms with Crippen molar-refractivity contribution in [2.24, 2.45) is 5.92 Å². The molecule has 0 radical (unpaired) electrons. The fourth-order valence-electron chi connectivity index (χ4n) is 3.45. The maximum Gasteiger partial charge on any atom is 0.161 e. The van der Waals surface area contributed by atoms with Gasteiger partial charge in [0.2, 0.25) is 0 Å². The molecule has 1 saturated carbocycles. The van der Waals surface area contributed by atoms with Gasteiger partial charge in [0.1, 0.15) is 0 Å². The lowest BCUT2D eigenvalue weighted by molar-refractivity contribution is 0.345. The SMILES string of the molecule is CCCNC(c1cc(OC)c(OC)cc1C)C1CCCC1. The van der Waals surface area contributed by atoms with E-state index < -0.39 is 0 Å². The molecule has 0 aromatic heterocycles. The van der Waals surface area contributed by atoms with E-state index in [0.717, 1.165) is 30.4 Å². The Bertz CT molecular complexity index is 453. The van der Waals surface area contributed by atoms with Crippen molar-refractivity contribution in [3.8, 4) is 11.5 Å². The van der Waals surface area contributed by atoms with E-state index in [0.29, 0.717) is 6.04 Å². The molecule has 3 heteroatoms. The molecule has 0 spiro atoms. The number of rotatable bonds is 7. The Kier molecular flexibility index (Phi) is 5.92.